The van der Waals surface area contributed by atoms with Crippen molar-refractivity contribution in [3.63, 3.8) is 0 Å². The van der Waals surface area contributed by atoms with Crippen LogP contribution in [0, 0.1) is 0 Å². The number of carbonyl (C=O) groups is 2. The number of benzene rings is 3. The fourth-order valence-corrected chi connectivity index (χ4v) is 3.67. The molecule has 8 nitrogen and oxygen atoms in total. The summed E-state index contributed by atoms with van der Waals surface area (Å²) in [5.41, 5.74) is 1.02. The normalized spacial score (nSPS) is 12.2. The predicted octanol–water partition coefficient (Wildman–Crippen LogP) is 4.74. The largest absolute Gasteiger partial charge is 0.416 e. The van der Waals surface area contributed by atoms with Crippen LogP contribution in [-0.2, 0) is 17.5 Å². The molecule has 4 rings (SSSR count). The Balaban J connectivity index is 1.47. The number of aliphatic hydroxyl groups excluding tert-OH is 1. The lowest BCUT2D eigenvalue weighted by atomic mass is 10.1. The minimum Gasteiger partial charge on any atom is -0.392 e. The average Bonchev–Trinajstić information content (AvgIpc) is 3.19. The van der Waals surface area contributed by atoms with Gasteiger partial charge in [-0.15, -0.1) is 0 Å². The van der Waals surface area contributed by atoms with Crippen molar-refractivity contribution in [1.29, 1.82) is 0 Å². The zero-order chi connectivity index (χ0) is 26.6. The van der Waals surface area contributed by atoms with Gasteiger partial charge >= 0.3 is 6.18 Å². The number of halogens is 3. The van der Waals surface area contributed by atoms with Gasteiger partial charge in [0.05, 0.1) is 22.7 Å². The molecule has 0 radical (unpaired) electrons. The van der Waals surface area contributed by atoms with E-state index in [9.17, 15) is 27.9 Å². The first-order valence-corrected chi connectivity index (χ1v) is 11.4. The standard InChI is InChI=1S/C26H24F3N5O3/c1-16(35)14-30-25-33-21-10-2-3-11-22(21)34(25)15-23(36)31-19-8-4-6-17(12-19)24(37)32-20-9-5-7-18(13-20)26(27,28)29/h2-13,16,35H,14-15H2,1H3,(H,30,33)(H,31,36)(H,32,37)/t16-/m0/s1. The number of nitrogens with zero attached hydrogens (tertiary/aromatic N) is 2. The highest BCUT2D eigenvalue weighted by molar-refractivity contribution is 6.05. The Bertz CT molecular complexity index is 1430. The van der Waals surface area contributed by atoms with E-state index in [1.165, 1.54) is 24.3 Å². The monoisotopic (exact) mass is 511 g/mol. The molecule has 2 amide bonds. The van der Waals surface area contributed by atoms with Crippen LogP contribution >= 0.6 is 0 Å². The van der Waals surface area contributed by atoms with Crippen molar-refractivity contribution >= 4 is 40.2 Å². The third kappa shape index (κ3) is 6.44. The number of fused-ring (bicyclic) bond motifs is 1. The average molecular weight is 512 g/mol. The summed E-state index contributed by atoms with van der Waals surface area (Å²) >= 11 is 0. The van der Waals surface area contributed by atoms with Gasteiger partial charge < -0.3 is 25.6 Å². The summed E-state index contributed by atoms with van der Waals surface area (Å²) in [4.78, 5) is 30.0. The van der Waals surface area contributed by atoms with Crippen molar-refractivity contribution in [1.82, 2.24) is 9.55 Å². The number of aromatic nitrogens is 2. The first kappa shape index (κ1) is 25.7. The minimum absolute atomic E-state index is 0.00141. The molecular formula is C26H24F3N5O3. The van der Waals surface area contributed by atoms with Crippen LogP contribution in [0.3, 0.4) is 0 Å². The maximum atomic E-state index is 13.0. The van der Waals surface area contributed by atoms with E-state index >= 15 is 0 Å². The Morgan fingerprint density at radius 1 is 0.973 bits per heavy atom. The molecule has 1 heterocycles. The molecule has 1 atom stereocenters. The van der Waals surface area contributed by atoms with Crippen LogP contribution in [0.15, 0.2) is 72.8 Å². The van der Waals surface area contributed by atoms with Gasteiger partial charge in [-0.25, -0.2) is 4.98 Å². The molecule has 0 aliphatic heterocycles. The number of amides is 2. The van der Waals surface area contributed by atoms with Crippen LogP contribution < -0.4 is 16.0 Å². The summed E-state index contributed by atoms with van der Waals surface area (Å²) in [6.07, 6.45) is -5.15. The summed E-state index contributed by atoms with van der Waals surface area (Å²) < 4.78 is 40.5. The van der Waals surface area contributed by atoms with Crippen molar-refractivity contribution < 1.29 is 27.9 Å². The molecule has 0 saturated heterocycles. The van der Waals surface area contributed by atoms with Crippen LogP contribution in [0.1, 0.15) is 22.8 Å². The smallest absolute Gasteiger partial charge is 0.392 e. The predicted molar refractivity (Wildman–Crippen MR) is 134 cm³/mol. The number of nitrogens with one attached hydrogen (secondary N) is 3. The maximum Gasteiger partial charge on any atom is 0.416 e. The van der Waals surface area contributed by atoms with Gasteiger partial charge in [0.15, 0.2) is 0 Å². The van der Waals surface area contributed by atoms with Crippen molar-refractivity contribution in [3.8, 4) is 0 Å². The second-order valence-corrected chi connectivity index (χ2v) is 8.40. The highest BCUT2D eigenvalue weighted by Gasteiger charge is 2.30. The van der Waals surface area contributed by atoms with E-state index in [1.54, 1.807) is 23.6 Å². The molecule has 0 aliphatic carbocycles. The van der Waals surface area contributed by atoms with Gasteiger partial charge in [0, 0.05) is 23.5 Å². The number of carbonyl (C=O) groups excluding carboxylic acids is 2. The zero-order valence-corrected chi connectivity index (χ0v) is 19.7. The van der Waals surface area contributed by atoms with Gasteiger partial charge in [-0.1, -0.05) is 24.3 Å². The molecule has 0 spiro atoms. The van der Waals surface area contributed by atoms with Gasteiger partial charge in [-0.2, -0.15) is 13.2 Å². The Labute approximate surface area is 210 Å². The van der Waals surface area contributed by atoms with Crippen LogP contribution in [0.4, 0.5) is 30.5 Å². The van der Waals surface area contributed by atoms with E-state index in [4.69, 9.17) is 0 Å². The summed E-state index contributed by atoms with van der Waals surface area (Å²) in [6.45, 7) is 1.78. The molecule has 4 aromatic rings. The van der Waals surface area contributed by atoms with E-state index in [1.807, 2.05) is 24.3 Å². The highest BCUT2D eigenvalue weighted by Crippen LogP contribution is 2.30. The van der Waals surface area contributed by atoms with Gasteiger partial charge in [-0.3, -0.25) is 9.59 Å². The second kappa shape index (κ2) is 10.7. The molecule has 3 aromatic carbocycles. The Kier molecular flexibility index (Phi) is 7.44. The van der Waals surface area contributed by atoms with E-state index in [0.29, 0.717) is 17.2 Å². The summed E-state index contributed by atoms with van der Waals surface area (Å²) in [5.74, 6) is -0.592. The number of aliphatic hydroxyl groups is 1. The minimum atomic E-state index is -4.53. The van der Waals surface area contributed by atoms with Crippen molar-refractivity contribution in [2.45, 2.75) is 25.7 Å². The Morgan fingerprint density at radius 2 is 1.68 bits per heavy atom. The molecule has 0 saturated carbocycles. The molecule has 192 valence electrons. The first-order chi connectivity index (χ1) is 17.6. The quantitative estimate of drug-likeness (QED) is 0.273. The number of para-hydroxylation sites is 2. The lowest BCUT2D eigenvalue weighted by Gasteiger charge is -2.13. The molecule has 0 fully saturated rings. The van der Waals surface area contributed by atoms with E-state index in [-0.39, 0.29) is 24.3 Å². The molecule has 37 heavy (non-hydrogen) atoms. The fourth-order valence-electron chi connectivity index (χ4n) is 3.67. The summed E-state index contributed by atoms with van der Waals surface area (Å²) in [7, 11) is 0. The summed E-state index contributed by atoms with van der Waals surface area (Å²) in [5, 5.41) is 17.8. The second-order valence-electron chi connectivity index (χ2n) is 8.40. The number of hydrogen-bond donors (Lipinski definition) is 4. The van der Waals surface area contributed by atoms with Gasteiger partial charge in [0.1, 0.15) is 6.54 Å². The van der Waals surface area contributed by atoms with Crippen LogP contribution in [-0.4, -0.2) is 39.1 Å². The van der Waals surface area contributed by atoms with E-state index in [2.05, 4.69) is 20.9 Å². The fraction of sp³-hybridized carbons (Fsp3) is 0.192. The SMILES string of the molecule is C[C@H](O)CNc1nc2ccccc2n1CC(=O)Nc1cccc(C(=O)Nc2cccc(C(F)(F)F)c2)c1. The zero-order valence-electron chi connectivity index (χ0n) is 19.7. The third-order valence-corrected chi connectivity index (χ3v) is 5.37. The van der Waals surface area contributed by atoms with Gasteiger partial charge in [0.2, 0.25) is 11.9 Å². The Hall–Kier alpha value is -4.38. The number of rotatable bonds is 8. The molecule has 0 unspecified atom stereocenters. The highest BCUT2D eigenvalue weighted by atomic mass is 19.4. The number of anilines is 3. The molecule has 11 heteroatoms. The number of hydrogen-bond acceptors (Lipinski definition) is 5. The van der Waals surface area contributed by atoms with Crippen molar-refractivity contribution in [3.05, 3.63) is 83.9 Å². The lowest BCUT2D eigenvalue weighted by molar-refractivity contribution is -0.137. The summed E-state index contributed by atoms with van der Waals surface area (Å²) in [6, 6.07) is 17.7. The lowest BCUT2D eigenvalue weighted by Crippen LogP contribution is -2.22. The Morgan fingerprint density at radius 3 is 2.41 bits per heavy atom. The van der Waals surface area contributed by atoms with Gasteiger partial charge in [-0.05, 0) is 55.5 Å². The van der Waals surface area contributed by atoms with Crippen molar-refractivity contribution in [2.75, 3.05) is 22.5 Å². The third-order valence-electron chi connectivity index (χ3n) is 5.37. The van der Waals surface area contributed by atoms with Crippen molar-refractivity contribution in [2.24, 2.45) is 0 Å². The molecule has 0 bridgehead atoms. The first-order valence-electron chi connectivity index (χ1n) is 11.4. The molecule has 1 aromatic heterocycles. The van der Waals surface area contributed by atoms with Gasteiger partial charge in [0.25, 0.3) is 5.91 Å². The number of alkyl halides is 3. The molecule has 4 N–H and O–H groups in total. The maximum absolute atomic E-state index is 13.0. The molecule has 0 aliphatic rings. The van der Waals surface area contributed by atoms with E-state index < -0.39 is 29.7 Å². The topological polar surface area (TPSA) is 108 Å². The van der Waals surface area contributed by atoms with E-state index in [0.717, 1.165) is 17.6 Å². The van der Waals surface area contributed by atoms with Crippen LogP contribution in [0.5, 0.6) is 0 Å². The molecular weight excluding hydrogens is 487 g/mol. The van der Waals surface area contributed by atoms with Crippen LogP contribution in [0.2, 0.25) is 0 Å². The van der Waals surface area contributed by atoms with Crippen LogP contribution in [0.25, 0.3) is 11.0 Å². The number of imidazole rings is 1.